The van der Waals surface area contributed by atoms with Gasteiger partial charge in [0.2, 0.25) is 0 Å². The summed E-state index contributed by atoms with van der Waals surface area (Å²) in [6.45, 7) is 0. The fourth-order valence-corrected chi connectivity index (χ4v) is 3.51. The molecule has 0 aliphatic carbocycles. The Morgan fingerprint density at radius 2 is 1.30 bits per heavy atom. The van der Waals surface area contributed by atoms with Gasteiger partial charge in [-0.25, -0.2) is 9.36 Å². The maximum atomic E-state index is 13.3. The Balaban J connectivity index is 1.36. The highest BCUT2D eigenvalue weighted by Crippen LogP contribution is 2.36. The molecule has 37 heavy (non-hydrogen) atoms. The van der Waals surface area contributed by atoms with Crippen LogP contribution in [0.5, 0.6) is 11.5 Å². The number of para-hydroxylation sites is 1. The summed E-state index contributed by atoms with van der Waals surface area (Å²) in [7, 11) is 0. The lowest BCUT2D eigenvalue weighted by atomic mass is 10.1. The Morgan fingerprint density at radius 3 is 1.92 bits per heavy atom. The molecule has 0 saturated carbocycles. The molecular formula is C25H15F6N5O. The highest BCUT2D eigenvalue weighted by molar-refractivity contribution is 5.60. The lowest BCUT2D eigenvalue weighted by molar-refractivity contribution is -0.143. The van der Waals surface area contributed by atoms with E-state index < -0.39 is 23.7 Å². The van der Waals surface area contributed by atoms with Crippen molar-refractivity contribution in [2.75, 3.05) is 0 Å². The molecule has 0 N–H and O–H groups in total. The Kier molecular flexibility index (Phi) is 5.94. The van der Waals surface area contributed by atoms with Crippen molar-refractivity contribution in [2.45, 2.75) is 12.4 Å². The van der Waals surface area contributed by atoms with Crippen LogP contribution in [0.2, 0.25) is 0 Å². The number of alkyl halides is 6. The van der Waals surface area contributed by atoms with Gasteiger partial charge in [-0.15, -0.1) is 5.10 Å². The van der Waals surface area contributed by atoms with E-state index in [4.69, 9.17) is 4.74 Å². The molecule has 0 aliphatic rings. The molecule has 12 heteroatoms. The topological polar surface area (TPSA) is 57.8 Å². The molecule has 2 aromatic heterocycles. The van der Waals surface area contributed by atoms with Gasteiger partial charge in [-0.3, -0.25) is 0 Å². The van der Waals surface area contributed by atoms with E-state index in [1.54, 1.807) is 30.5 Å². The summed E-state index contributed by atoms with van der Waals surface area (Å²) in [5.41, 5.74) is -1.76. The number of aromatic nitrogens is 5. The molecule has 5 rings (SSSR count). The molecule has 0 atom stereocenters. The SMILES string of the molecule is FC(F)(F)c1cc(C(F)(F)F)n(-c2ccc(-c3cn(-c4ccc(Oc5ccccc5)cc4)nn3)cc2)n1. The molecule has 6 nitrogen and oxygen atoms in total. The summed E-state index contributed by atoms with van der Waals surface area (Å²) in [5, 5.41) is 11.3. The predicted octanol–water partition coefficient (Wildman–Crippen LogP) is 6.95. The molecule has 0 unspecified atom stereocenters. The first-order valence-corrected chi connectivity index (χ1v) is 10.7. The zero-order chi connectivity index (χ0) is 26.2. The van der Waals surface area contributed by atoms with Gasteiger partial charge in [-0.05, 0) is 48.5 Å². The predicted molar refractivity (Wildman–Crippen MR) is 120 cm³/mol. The van der Waals surface area contributed by atoms with Gasteiger partial charge in [0.25, 0.3) is 0 Å². The van der Waals surface area contributed by atoms with Gasteiger partial charge in [0, 0.05) is 11.6 Å². The van der Waals surface area contributed by atoms with Gasteiger partial charge in [0.05, 0.1) is 17.6 Å². The first-order chi connectivity index (χ1) is 17.6. The highest BCUT2D eigenvalue weighted by atomic mass is 19.4. The number of nitrogens with zero attached hydrogens (tertiary/aromatic N) is 5. The Hall–Kier alpha value is -4.61. The van der Waals surface area contributed by atoms with E-state index in [0.717, 1.165) is 0 Å². The maximum Gasteiger partial charge on any atom is 0.435 e. The summed E-state index contributed by atoms with van der Waals surface area (Å²) >= 11 is 0. The normalized spacial score (nSPS) is 12.1. The van der Waals surface area contributed by atoms with Crippen LogP contribution in [0.15, 0.2) is 91.1 Å². The molecule has 0 spiro atoms. The summed E-state index contributed by atoms with van der Waals surface area (Å²) in [4.78, 5) is 0. The van der Waals surface area contributed by atoms with E-state index in [0.29, 0.717) is 28.4 Å². The van der Waals surface area contributed by atoms with E-state index in [2.05, 4.69) is 15.4 Å². The van der Waals surface area contributed by atoms with Crippen molar-refractivity contribution < 1.29 is 31.1 Å². The molecule has 0 fully saturated rings. The molecule has 2 heterocycles. The third-order valence-corrected chi connectivity index (χ3v) is 5.27. The van der Waals surface area contributed by atoms with Crippen molar-refractivity contribution in [1.82, 2.24) is 24.8 Å². The smallest absolute Gasteiger partial charge is 0.435 e. The van der Waals surface area contributed by atoms with Gasteiger partial charge in [0.1, 0.15) is 22.9 Å². The van der Waals surface area contributed by atoms with Crippen LogP contribution in [0.25, 0.3) is 22.6 Å². The van der Waals surface area contributed by atoms with Crippen molar-refractivity contribution in [3.63, 3.8) is 0 Å². The summed E-state index contributed by atoms with van der Waals surface area (Å²) in [5.74, 6) is 1.31. The second-order valence-corrected chi connectivity index (χ2v) is 7.83. The van der Waals surface area contributed by atoms with Crippen LogP contribution < -0.4 is 4.74 Å². The quantitative estimate of drug-likeness (QED) is 0.238. The van der Waals surface area contributed by atoms with E-state index in [-0.39, 0.29) is 16.4 Å². The van der Waals surface area contributed by atoms with Crippen LogP contribution in [0.1, 0.15) is 11.4 Å². The third kappa shape index (κ3) is 5.17. The van der Waals surface area contributed by atoms with Crippen molar-refractivity contribution in [3.05, 3.63) is 103 Å². The Bertz CT molecular complexity index is 1500. The monoisotopic (exact) mass is 515 g/mol. The lowest BCUT2D eigenvalue weighted by Crippen LogP contribution is -2.13. The van der Waals surface area contributed by atoms with E-state index in [1.807, 2.05) is 30.3 Å². The zero-order valence-electron chi connectivity index (χ0n) is 18.6. The van der Waals surface area contributed by atoms with Crippen molar-refractivity contribution in [2.24, 2.45) is 0 Å². The fourth-order valence-electron chi connectivity index (χ4n) is 3.51. The first kappa shape index (κ1) is 24.1. The molecule has 0 bridgehead atoms. The van der Waals surface area contributed by atoms with Crippen LogP contribution >= 0.6 is 0 Å². The molecule has 5 aromatic rings. The van der Waals surface area contributed by atoms with Gasteiger partial charge in [-0.1, -0.05) is 35.5 Å². The number of benzene rings is 3. The van der Waals surface area contributed by atoms with E-state index in [1.165, 1.54) is 28.9 Å². The summed E-state index contributed by atoms with van der Waals surface area (Å²) in [6, 6.07) is 21.6. The van der Waals surface area contributed by atoms with Crippen molar-refractivity contribution >= 4 is 0 Å². The average molecular weight is 515 g/mol. The van der Waals surface area contributed by atoms with Crippen molar-refractivity contribution in [1.29, 1.82) is 0 Å². The largest absolute Gasteiger partial charge is 0.457 e. The van der Waals surface area contributed by atoms with Crippen molar-refractivity contribution in [3.8, 4) is 34.1 Å². The highest BCUT2D eigenvalue weighted by Gasteiger charge is 2.42. The number of rotatable bonds is 5. The standard InChI is InChI=1S/C25H15F6N5O/c26-24(27,28)22-14-23(25(29,30)31)36(33-22)18-8-6-16(7-9-18)21-15-35(34-32-21)17-10-12-20(13-11-17)37-19-4-2-1-3-5-19/h1-15H. The van der Waals surface area contributed by atoms with Crippen LogP contribution in [-0.4, -0.2) is 24.8 Å². The van der Waals surface area contributed by atoms with Gasteiger partial charge >= 0.3 is 12.4 Å². The average Bonchev–Trinajstić information content (AvgIpc) is 3.54. The minimum Gasteiger partial charge on any atom is -0.457 e. The second-order valence-electron chi connectivity index (χ2n) is 7.83. The van der Waals surface area contributed by atoms with Crippen LogP contribution in [-0.2, 0) is 12.4 Å². The first-order valence-electron chi connectivity index (χ1n) is 10.7. The number of ether oxygens (including phenoxy) is 1. The van der Waals surface area contributed by atoms with Crippen LogP contribution in [0, 0.1) is 0 Å². The van der Waals surface area contributed by atoms with E-state index >= 15 is 0 Å². The third-order valence-electron chi connectivity index (χ3n) is 5.27. The minimum absolute atomic E-state index is 0.0182. The van der Waals surface area contributed by atoms with Crippen LogP contribution in [0.3, 0.4) is 0 Å². The maximum absolute atomic E-state index is 13.3. The summed E-state index contributed by atoms with van der Waals surface area (Å²) in [6.07, 6.45) is -8.44. The number of hydrogen-bond acceptors (Lipinski definition) is 4. The molecule has 0 amide bonds. The molecule has 0 radical (unpaired) electrons. The van der Waals surface area contributed by atoms with Gasteiger partial charge in [0.15, 0.2) is 5.69 Å². The second kappa shape index (κ2) is 9.12. The fraction of sp³-hybridized carbons (Fsp3) is 0.0800. The Labute approximate surface area is 205 Å². The lowest BCUT2D eigenvalue weighted by Gasteiger charge is -2.10. The molecule has 188 valence electrons. The number of halogens is 6. The molecule has 3 aromatic carbocycles. The zero-order valence-corrected chi connectivity index (χ0v) is 18.6. The van der Waals surface area contributed by atoms with Gasteiger partial charge < -0.3 is 4.74 Å². The minimum atomic E-state index is -5.03. The molecule has 0 saturated heterocycles. The summed E-state index contributed by atoms with van der Waals surface area (Å²) < 4.78 is 86.3. The Morgan fingerprint density at radius 1 is 0.676 bits per heavy atom. The van der Waals surface area contributed by atoms with Gasteiger partial charge in [-0.2, -0.15) is 31.4 Å². The molecular weight excluding hydrogens is 500 g/mol. The molecule has 0 aliphatic heterocycles. The number of hydrogen-bond donors (Lipinski definition) is 0. The van der Waals surface area contributed by atoms with Crippen LogP contribution in [0.4, 0.5) is 26.3 Å². The van der Waals surface area contributed by atoms with E-state index in [9.17, 15) is 26.3 Å².